The maximum absolute atomic E-state index is 13.4. The number of carbonyl (C=O) groups is 2. The molecule has 1 amide bonds. The third-order valence-electron chi connectivity index (χ3n) is 6.06. The molecule has 4 rings (SSSR count). The number of amides is 1. The second-order valence-corrected chi connectivity index (χ2v) is 10.4. The molecular formula is C27H29N3O3S. The van der Waals surface area contributed by atoms with Crippen molar-refractivity contribution in [1.29, 1.82) is 0 Å². The van der Waals surface area contributed by atoms with Crippen molar-refractivity contribution in [3.05, 3.63) is 77.2 Å². The van der Waals surface area contributed by atoms with Crippen molar-refractivity contribution in [3.8, 4) is 5.75 Å². The van der Waals surface area contributed by atoms with Crippen LogP contribution in [0.4, 0.5) is 5.82 Å². The largest absolute Gasteiger partial charge is 0.495 e. The minimum atomic E-state index is -0.375. The average molecular weight is 476 g/mol. The Balaban J connectivity index is 1.49. The lowest BCUT2D eigenvalue weighted by Gasteiger charge is -2.37. The number of nitrogens with one attached hydrogen (secondary N) is 1. The second-order valence-electron chi connectivity index (χ2n) is 9.08. The van der Waals surface area contributed by atoms with Gasteiger partial charge in [0.1, 0.15) is 11.6 Å². The third-order valence-corrected chi connectivity index (χ3v) is 6.96. The first-order valence-corrected chi connectivity index (χ1v) is 12.3. The normalized spacial score (nSPS) is 16.6. The number of ketones is 1. The third kappa shape index (κ3) is 5.14. The minimum absolute atomic E-state index is 0.000618. The molecule has 1 N–H and O–H groups in total. The van der Waals surface area contributed by atoms with Crippen LogP contribution < -0.4 is 10.1 Å². The van der Waals surface area contributed by atoms with Gasteiger partial charge in [0.2, 0.25) is 5.91 Å². The van der Waals surface area contributed by atoms with Gasteiger partial charge in [-0.2, -0.15) is 0 Å². The highest BCUT2D eigenvalue weighted by Crippen LogP contribution is 2.44. The minimum Gasteiger partial charge on any atom is -0.495 e. The quantitative estimate of drug-likeness (QED) is 0.466. The molecule has 1 atom stereocenters. The Bertz CT molecular complexity index is 1190. The number of ether oxygens (including phenoxy) is 1. The van der Waals surface area contributed by atoms with E-state index in [0.29, 0.717) is 29.2 Å². The summed E-state index contributed by atoms with van der Waals surface area (Å²) in [5.74, 6) is 1.63. The van der Waals surface area contributed by atoms with Crippen LogP contribution in [0.25, 0.3) is 0 Å². The molecule has 2 aromatic heterocycles. The molecule has 34 heavy (non-hydrogen) atoms. The van der Waals surface area contributed by atoms with E-state index in [4.69, 9.17) is 4.74 Å². The summed E-state index contributed by atoms with van der Waals surface area (Å²) >= 11 is 1.77. The summed E-state index contributed by atoms with van der Waals surface area (Å²) in [6.45, 7) is 6.22. The summed E-state index contributed by atoms with van der Waals surface area (Å²) in [5.41, 5.74) is 2.59. The van der Waals surface area contributed by atoms with Crippen LogP contribution in [0.1, 0.15) is 54.0 Å². The molecule has 2 heterocycles. The molecule has 0 radical (unpaired) electrons. The van der Waals surface area contributed by atoms with E-state index < -0.39 is 0 Å². The molecule has 1 aliphatic carbocycles. The Hall–Kier alpha value is -3.19. The lowest BCUT2D eigenvalue weighted by atomic mass is 9.66. The highest BCUT2D eigenvalue weighted by atomic mass is 32.2. The second kappa shape index (κ2) is 9.97. The summed E-state index contributed by atoms with van der Waals surface area (Å²) in [6, 6.07) is 15.2. The van der Waals surface area contributed by atoms with Crippen molar-refractivity contribution in [3.63, 3.8) is 0 Å². The number of nitrogens with zero attached hydrogens (tertiary/aromatic N) is 2. The van der Waals surface area contributed by atoms with Gasteiger partial charge in [0, 0.05) is 10.5 Å². The summed E-state index contributed by atoms with van der Waals surface area (Å²) in [6.07, 6.45) is 2.51. The number of pyridine rings is 2. The Labute approximate surface area is 204 Å². The van der Waals surface area contributed by atoms with E-state index in [1.807, 2.05) is 36.4 Å². The number of benzene rings is 1. The fraction of sp³-hybridized carbons (Fsp3) is 0.333. The van der Waals surface area contributed by atoms with E-state index in [2.05, 4.69) is 36.1 Å². The number of carbonyl (C=O) groups excluding carboxylic acids is 2. The molecular weight excluding hydrogens is 446 g/mol. The van der Waals surface area contributed by atoms with Crippen LogP contribution in [0.15, 0.2) is 59.6 Å². The lowest BCUT2D eigenvalue weighted by Crippen LogP contribution is -2.37. The van der Waals surface area contributed by atoms with Crippen molar-refractivity contribution in [1.82, 2.24) is 9.97 Å². The Kier molecular flexibility index (Phi) is 7.03. The monoisotopic (exact) mass is 475 g/mol. The van der Waals surface area contributed by atoms with Crippen LogP contribution in [0.2, 0.25) is 0 Å². The van der Waals surface area contributed by atoms with Gasteiger partial charge in [0.05, 0.1) is 37.0 Å². The maximum atomic E-state index is 13.4. The molecule has 0 aliphatic heterocycles. The van der Waals surface area contributed by atoms with Gasteiger partial charge in [0.15, 0.2) is 5.78 Å². The van der Waals surface area contributed by atoms with Crippen LogP contribution in [0.5, 0.6) is 5.75 Å². The van der Waals surface area contributed by atoms with Gasteiger partial charge in [-0.15, -0.1) is 11.8 Å². The Morgan fingerprint density at radius 3 is 2.56 bits per heavy atom. The Morgan fingerprint density at radius 2 is 1.91 bits per heavy atom. The zero-order valence-electron chi connectivity index (χ0n) is 19.9. The van der Waals surface area contributed by atoms with Crippen LogP contribution in [-0.4, -0.2) is 34.5 Å². The number of methoxy groups -OCH3 is 1. The molecule has 1 unspecified atom stereocenters. The van der Waals surface area contributed by atoms with Crippen LogP contribution >= 0.6 is 11.8 Å². The first-order chi connectivity index (χ1) is 16.3. The van der Waals surface area contributed by atoms with Gasteiger partial charge >= 0.3 is 0 Å². The first kappa shape index (κ1) is 24.0. The number of fused-ring (bicyclic) bond motifs is 1. The summed E-state index contributed by atoms with van der Waals surface area (Å²) in [7, 11) is 1.59. The van der Waals surface area contributed by atoms with Crippen molar-refractivity contribution >= 4 is 29.3 Å². The maximum Gasteiger partial charge on any atom is 0.229 e. The molecule has 1 aliphatic rings. The van der Waals surface area contributed by atoms with E-state index in [1.54, 1.807) is 37.2 Å². The zero-order chi connectivity index (χ0) is 24.3. The highest BCUT2D eigenvalue weighted by molar-refractivity contribution is 7.99. The Morgan fingerprint density at radius 1 is 1.15 bits per heavy atom. The first-order valence-electron chi connectivity index (χ1n) is 11.4. The van der Waals surface area contributed by atoms with Gasteiger partial charge < -0.3 is 10.1 Å². The highest BCUT2D eigenvalue weighted by Gasteiger charge is 2.43. The van der Waals surface area contributed by atoms with Crippen LogP contribution in [-0.2, 0) is 17.6 Å². The number of hydrogen-bond acceptors (Lipinski definition) is 6. The molecule has 1 aromatic carbocycles. The van der Waals surface area contributed by atoms with Crippen LogP contribution in [0.3, 0.4) is 0 Å². The number of Topliss-reactive ketones (excluding diaryl/α,β-unsaturated/α-hetero) is 1. The van der Waals surface area contributed by atoms with Crippen molar-refractivity contribution in [2.75, 3.05) is 18.2 Å². The predicted molar refractivity (Wildman–Crippen MR) is 135 cm³/mol. The molecule has 176 valence electrons. The van der Waals surface area contributed by atoms with Gasteiger partial charge in [-0.25, -0.2) is 4.98 Å². The molecule has 0 bridgehead atoms. The van der Waals surface area contributed by atoms with Crippen molar-refractivity contribution in [2.24, 2.45) is 5.41 Å². The molecule has 7 heteroatoms. The zero-order valence-corrected chi connectivity index (χ0v) is 20.7. The molecule has 6 nitrogen and oxygen atoms in total. The predicted octanol–water partition coefficient (Wildman–Crippen LogP) is 5.33. The van der Waals surface area contributed by atoms with Crippen LogP contribution in [0, 0.1) is 5.41 Å². The van der Waals surface area contributed by atoms with E-state index in [9.17, 15) is 9.59 Å². The topological polar surface area (TPSA) is 81.2 Å². The SMILES string of the molecule is CCSc1ccc(CC(=O)Nc2ccc3c(n2)CC(C)(C)C(c2ccc(OC)cn2)C3=O)cc1. The van der Waals surface area contributed by atoms with Gasteiger partial charge in [-0.1, -0.05) is 32.9 Å². The number of aromatic nitrogens is 2. The van der Waals surface area contributed by atoms with E-state index >= 15 is 0 Å². The number of anilines is 1. The average Bonchev–Trinajstić information content (AvgIpc) is 2.80. The number of thioether (sulfide) groups is 1. The van der Waals surface area contributed by atoms with E-state index in [1.165, 1.54) is 4.90 Å². The summed E-state index contributed by atoms with van der Waals surface area (Å²) in [5, 5.41) is 2.89. The molecule has 3 aromatic rings. The fourth-order valence-corrected chi connectivity index (χ4v) is 5.10. The standard InChI is InChI=1S/C27H29N3O3S/c1-5-34-19-9-6-17(7-10-19)14-24(31)30-23-13-11-20-22(29-23)15-27(2,3)25(26(20)32)21-12-8-18(33-4)16-28-21/h6-13,16,25H,5,14-15H2,1-4H3,(H,29,30,31). The van der Waals surface area contributed by atoms with Gasteiger partial charge in [0.25, 0.3) is 0 Å². The summed E-state index contributed by atoms with van der Waals surface area (Å²) in [4.78, 5) is 36.3. The lowest BCUT2D eigenvalue weighted by molar-refractivity contribution is -0.115. The molecule has 0 spiro atoms. The molecule has 0 fully saturated rings. The molecule has 0 saturated carbocycles. The van der Waals surface area contributed by atoms with E-state index in [0.717, 1.165) is 17.0 Å². The smallest absolute Gasteiger partial charge is 0.229 e. The fourth-order valence-electron chi connectivity index (χ4n) is 4.43. The van der Waals surface area contributed by atoms with E-state index in [-0.39, 0.29) is 29.4 Å². The number of hydrogen-bond donors (Lipinski definition) is 1. The van der Waals surface area contributed by atoms with Crippen molar-refractivity contribution in [2.45, 2.75) is 44.4 Å². The van der Waals surface area contributed by atoms with Gasteiger partial charge in [-0.3, -0.25) is 14.6 Å². The number of rotatable bonds is 7. The van der Waals surface area contributed by atoms with Gasteiger partial charge in [-0.05, 0) is 59.6 Å². The summed E-state index contributed by atoms with van der Waals surface area (Å²) < 4.78 is 5.20. The molecule has 0 saturated heterocycles. The van der Waals surface area contributed by atoms with Crippen molar-refractivity contribution < 1.29 is 14.3 Å².